The van der Waals surface area contributed by atoms with Crippen LogP contribution in [0.2, 0.25) is 0 Å². The van der Waals surface area contributed by atoms with Crippen LogP contribution < -0.4 is 4.72 Å². The lowest BCUT2D eigenvalue weighted by Gasteiger charge is -2.06. The van der Waals surface area contributed by atoms with Crippen LogP contribution in [0.25, 0.3) is 0 Å². The van der Waals surface area contributed by atoms with E-state index in [-0.39, 0.29) is 12.3 Å². The number of carbonyl (C=O) groups is 1. The summed E-state index contributed by atoms with van der Waals surface area (Å²) in [6, 6.07) is 7.22. The predicted molar refractivity (Wildman–Crippen MR) is 92.5 cm³/mol. The lowest BCUT2D eigenvalue weighted by Crippen LogP contribution is -2.23. The molecule has 130 valence electrons. The molecule has 0 fully saturated rings. The molecule has 0 saturated heterocycles. The maximum Gasteiger partial charge on any atom is 0.243 e. The number of rotatable bonds is 6. The molecule has 3 rings (SSSR count). The van der Waals surface area contributed by atoms with E-state index in [1.807, 2.05) is 0 Å². The minimum absolute atomic E-state index is 0.0965. The lowest BCUT2D eigenvalue weighted by molar-refractivity contribution is 0.104. The quantitative estimate of drug-likeness (QED) is 0.642. The maximum atomic E-state index is 13.6. The van der Waals surface area contributed by atoms with Gasteiger partial charge in [-0.1, -0.05) is 0 Å². The molecule has 0 atom stereocenters. The summed E-state index contributed by atoms with van der Waals surface area (Å²) in [5, 5.41) is 3.54. The summed E-state index contributed by atoms with van der Waals surface area (Å²) in [7, 11) is -4.13. The molecule has 9 heteroatoms. The highest BCUT2D eigenvalue weighted by molar-refractivity contribution is 7.89. The van der Waals surface area contributed by atoms with E-state index < -0.39 is 26.6 Å². The van der Waals surface area contributed by atoms with Gasteiger partial charge in [-0.15, -0.1) is 11.3 Å². The van der Waals surface area contributed by atoms with Crippen molar-refractivity contribution in [2.75, 3.05) is 0 Å². The number of ketones is 1. The Morgan fingerprint density at radius 2 is 1.92 bits per heavy atom. The van der Waals surface area contributed by atoms with Crippen LogP contribution in [-0.4, -0.2) is 14.2 Å². The molecule has 0 saturated carbocycles. The molecule has 0 aliphatic carbocycles. The molecule has 0 aliphatic rings. The van der Waals surface area contributed by atoms with Crippen molar-refractivity contribution < 1.29 is 22.0 Å². The predicted octanol–water partition coefficient (Wildman–Crippen LogP) is 3.80. The first-order valence-electron chi connectivity index (χ1n) is 6.97. The molecule has 25 heavy (non-hydrogen) atoms. The number of benzene rings is 1. The topological polar surface area (TPSA) is 63.2 Å². The van der Waals surface area contributed by atoms with E-state index >= 15 is 0 Å². The summed E-state index contributed by atoms with van der Waals surface area (Å²) in [5.41, 5.74) is 0.576. The number of sulfonamides is 1. The van der Waals surface area contributed by atoms with Crippen LogP contribution in [-0.2, 0) is 16.6 Å². The van der Waals surface area contributed by atoms with Crippen molar-refractivity contribution in [3.05, 3.63) is 74.1 Å². The Hall–Kier alpha value is -1.94. The number of thiophene rings is 2. The van der Waals surface area contributed by atoms with Crippen molar-refractivity contribution in [1.82, 2.24) is 4.72 Å². The number of hydrogen-bond donors (Lipinski definition) is 1. The fourth-order valence-corrected chi connectivity index (χ4v) is 4.77. The first kappa shape index (κ1) is 17.9. The van der Waals surface area contributed by atoms with Gasteiger partial charge in [-0.3, -0.25) is 4.79 Å². The van der Waals surface area contributed by atoms with Gasteiger partial charge in [0, 0.05) is 28.4 Å². The van der Waals surface area contributed by atoms with Gasteiger partial charge < -0.3 is 0 Å². The summed E-state index contributed by atoms with van der Waals surface area (Å²) in [5.74, 6) is -2.15. The first-order chi connectivity index (χ1) is 11.9. The van der Waals surface area contributed by atoms with Crippen molar-refractivity contribution in [1.29, 1.82) is 0 Å². The molecular formula is C16H11F2NO3S3. The van der Waals surface area contributed by atoms with Gasteiger partial charge in [0.1, 0.15) is 16.5 Å². The number of carbonyl (C=O) groups excluding carboxylic acids is 1. The van der Waals surface area contributed by atoms with Crippen molar-refractivity contribution in [2.24, 2.45) is 0 Å². The van der Waals surface area contributed by atoms with Gasteiger partial charge in [-0.2, -0.15) is 11.3 Å². The molecule has 2 aromatic heterocycles. The van der Waals surface area contributed by atoms with Crippen LogP contribution in [0.15, 0.2) is 52.1 Å². The maximum absolute atomic E-state index is 13.6. The van der Waals surface area contributed by atoms with Crippen molar-refractivity contribution >= 4 is 38.5 Å². The molecule has 0 radical (unpaired) electrons. The molecule has 1 aromatic carbocycles. The zero-order valence-corrected chi connectivity index (χ0v) is 15.0. The van der Waals surface area contributed by atoms with Gasteiger partial charge in [0.2, 0.25) is 15.8 Å². The molecular weight excluding hydrogens is 388 g/mol. The van der Waals surface area contributed by atoms with E-state index in [1.165, 1.54) is 11.3 Å². The Labute approximate surface area is 150 Å². The molecule has 1 N–H and O–H groups in total. The van der Waals surface area contributed by atoms with Crippen LogP contribution in [0, 0.1) is 11.6 Å². The normalized spacial score (nSPS) is 11.6. The van der Waals surface area contributed by atoms with Gasteiger partial charge in [0.15, 0.2) is 0 Å². The van der Waals surface area contributed by atoms with Gasteiger partial charge in [0.05, 0.1) is 4.88 Å². The number of nitrogens with one attached hydrogen (secondary N) is 1. The van der Waals surface area contributed by atoms with Crippen LogP contribution in [0.4, 0.5) is 8.78 Å². The standard InChI is InChI=1S/C16H11F2NO3S3/c17-11-1-4-15(13(18)7-11)25(21,22)19-8-12-2-3-14(24-12)16(20)10-5-6-23-9-10/h1-7,9,19H,8H2. The third kappa shape index (κ3) is 4.01. The van der Waals surface area contributed by atoms with Gasteiger partial charge in [0.25, 0.3) is 0 Å². The van der Waals surface area contributed by atoms with Gasteiger partial charge in [-0.25, -0.2) is 21.9 Å². The SMILES string of the molecule is O=C(c1ccsc1)c1ccc(CNS(=O)(=O)c2ccc(F)cc2F)s1. The van der Waals surface area contributed by atoms with E-state index in [1.54, 1.807) is 29.0 Å². The van der Waals surface area contributed by atoms with Crippen LogP contribution >= 0.6 is 22.7 Å². The zero-order chi connectivity index (χ0) is 18.0. The molecule has 0 spiro atoms. The Bertz CT molecular complexity index is 1010. The summed E-state index contributed by atoms with van der Waals surface area (Å²) >= 11 is 2.57. The second kappa shape index (κ2) is 7.12. The van der Waals surface area contributed by atoms with Crippen molar-refractivity contribution in [3.8, 4) is 0 Å². The van der Waals surface area contributed by atoms with Gasteiger partial charge in [-0.05, 0) is 35.7 Å². The van der Waals surface area contributed by atoms with Crippen molar-refractivity contribution in [2.45, 2.75) is 11.4 Å². The highest BCUT2D eigenvalue weighted by atomic mass is 32.2. The second-order valence-electron chi connectivity index (χ2n) is 5.01. The fraction of sp³-hybridized carbons (Fsp3) is 0.0625. The van der Waals surface area contributed by atoms with E-state index in [4.69, 9.17) is 0 Å². The van der Waals surface area contributed by atoms with Gasteiger partial charge >= 0.3 is 0 Å². The van der Waals surface area contributed by atoms with E-state index in [9.17, 15) is 22.0 Å². The monoisotopic (exact) mass is 399 g/mol. The summed E-state index contributed by atoms with van der Waals surface area (Å²) in [6.07, 6.45) is 0. The Balaban J connectivity index is 1.72. The number of hydrogen-bond acceptors (Lipinski definition) is 5. The molecule has 2 heterocycles. The highest BCUT2D eigenvalue weighted by Crippen LogP contribution is 2.22. The molecule has 0 unspecified atom stereocenters. The summed E-state index contributed by atoms with van der Waals surface area (Å²) in [4.78, 5) is 12.7. The average molecular weight is 399 g/mol. The summed E-state index contributed by atoms with van der Waals surface area (Å²) < 4.78 is 53.0. The Morgan fingerprint density at radius 1 is 1.12 bits per heavy atom. The van der Waals surface area contributed by atoms with Crippen LogP contribution in [0.5, 0.6) is 0 Å². The largest absolute Gasteiger partial charge is 0.288 e. The fourth-order valence-electron chi connectivity index (χ4n) is 2.07. The molecule has 3 aromatic rings. The van der Waals surface area contributed by atoms with Crippen LogP contribution in [0.3, 0.4) is 0 Å². The first-order valence-corrected chi connectivity index (χ1v) is 10.2. The Morgan fingerprint density at radius 3 is 2.60 bits per heavy atom. The zero-order valence-electron chi connectivity index (χ0n) is 12.5. The third-order valence-corrected chi connectivity index (χ3v) is 6.49. The number of halogens is 2. The van der Waals surface area contributed by atoms with Crippen LogP contribution in [0.1, 0.15) is 20.1 Å². The smallest absolute Gasteiger partial charge is 0.243 e. The van der Waals surface area contributed by atoms with E-state index in [0.717, 1.165) is 23.5 Å². The minimum Gasteiger partial charge on any atom is -0.288 e. The lowest BCUT2D eigenvalue weighted by atomic mass is 10.2. The van der Waals surface area contributed by atoms with E-state index in [0.29, 0.717) is 21.4 Å². The molecule has 4 nitrogen and oxygen atoms in total. The molecule has 0 bridgehead atoms. The van der Waals surface area contributed by atoms with E-state index in [2.05, 4.69) is 4.72 Å². The highest BCUT2D eigenvalue weighted by Gasteiger charge is 2.20. The minimum atomic E-state index is -4.13. The molecule has 0 aliphatic heterocycles. The third-order valence-electron chi connectivity index (χ3n) is 3.29. The molecule has 0 amide bonds. The average Bonchev–Trinajstić information content (AvgIpc) is 3.24. The second-order valence-corrected chi connectivity index (χ2v) is 8.69. The summed E-state index contributed by atoms with van der Waals surface area (Å²) in [6.45, 7) is -0.0965. The van der Waals surface area contributed by atoms with Crippen molar-refractivity contribution in [3.63, 3.8) is 0 Å². The Kier molecular flexibility index (Phi) is 5.09.